The summed E-state index contributed by atoms with van der Waals surface area (Å²) in [5.74, 6) is 0.304. The fraction of sp³-hybridized carbons (Fsp3) is 0.190. The van der Waals surface area contributed by atoms with Gasteiger partial charge in [-0.3, -0.25) is 4.79 Å². The second-order valence-corrected chi connectivity index (χ2v) is 6.23. The second-order valence-electron chi connectivity index (χ2n) is 6.23. The van der Waals surface area contributed by atoms with Gasteiger partial charge in [0.05, 0.1) is 5.56 Å². The number of nitrogens with one attached hydrogen (secondary N) is 2. The minimum Gasteiger partial charge on any atom is -0.354 e. The third-order valence-corrected chi connectivity index (χ3v) is 4.09. The first kappa shape index (κ1) is 17.6. The third-order valence-electron chi connectivity index (χ3n) is 4.09. The monoisotopic (exact) mass is 346 g/mol. The normalized spacial score (nSPS) is 10.4. The molecule has 3 aromatic rings. The van der Waals surface area contributed by atoms with E-state index in [-0.39, 0.29) is 5.91 Å². The number of carbonyl (C=O) groups excluding carboxylic acids is 1. The van der Waals surface area contributed by atoms with Crippen molar-refractivity contribution in [3.05, 3.63) is 83.2 Å². The number of hydrogen-bond donors (Lipinski definition) is 2. The Balaban J connectivity index is 1.56. The van der Waals surface area contributed by atoms with Crippen LogP contribution in [0.25, 0.3) is 0 Å². The van der Waals surface area contributed by atoms with E-state index < -0.39 is 0 Å². The zero-order valence-corrected chi connectivity index (χ0v) is 15.0. The Morgan fingerprint density at radius 3 is 2.46 bits per heavy atom. The van der Waals surface area contributed by atoms with E-state index in [1.54, 1.807) is 0 Å². The van der Waals surface area contributed by atoms with Crippen molar-refractivity contribution in [1.82, 2.24) is 9.97 Å². The van der Waals surface area contributed by atoms with E-state index in [2.05, 4.69) is 32.7 Å². The van der Waals surface area contributed by atoms with E-state index in [4.69, 9.17) is 0 Å². The van der Waals surface area contributed by atoms with E-state index in [0.29, 0.717) is 11.5 Å². The molecule has 0 saturated heterocycles. The Bertz CT molecular complexity index is 876. The van der Waals surface area contributed by atoms with Gasteiger partial charge < -0.3 is 10.6 Å². The van der Waals surface area contributed by atoms with Gasteiger partial charge >= 0.3 is 0 Å². The average molecular weight is 346 g/mol. The number of amides is 1. The maximum atomic E-state index is 12.4. The zero-order chi connectivity index (χ0) is 18.4. The van der Waals surface area contributed by atoms with Gasteiger partial charge in [-0.25, -0.2) is 9.97 Å². The molecule has 1 heterocycles. The summed E-state index contributed by atoms with van der Waals surface area (Å²) in [6.07, 6.45) is 3.97. The Kier molecular flexibility index (Phi) is 5.59. The van der Waals surface area contributed by atoms with Crippen LogP contribution in [0.5, 0.6) is 0 Å². The van der Waals surface area contributed by atoms with Crippen molar-refractivity contribution < 1.29 is 4.79 Å². The molecule has 0 atom stereocenters. The number of benzene rings is 2. The molecule has 1 amide bonds. The van der Waals surface area contributed by atoms with Crippen LogP contribution in [-0.2, 0) is 6.42 Å². The number of aryl methyl sites for hydroxylation is 2. The molecule has 0 aliphatic carbocycles. The molecule has 2 N–H and O–H groups in total. The zero-order valence-electron chi connectivity index (χ0n) is 15.0. The standard InChI is InChI=1S/C21H22N4O/c1-15-8-9-16(2)19(12-15)25-20(26)18-13-23-21(24-14-18)22-11-10-17-6-4-3-5-7-17/h3-9,12-14H,10-11H2,1-2H3,(H,25,26)(H,22,23,24). The van der Waals surface area contributed by atoms with Crippen LogP contribution >= 0.6 is 0 Å². The summed E-state index contributed by atoms with van der Waals surface area (Å²) >= 11 is 0. The fourth-order valence-electron chi connectivity index (χ4n) is 2.56. The molecule has 0 aliphatic rings. The van der Waals surface area contributed by atoms with Crippen molar-refractivity contribution in [2.75, 3.05) is 17.2 Å². The lowest BCUT2D eigenvalue weighted by molar-refractivity contribution is 0.102. The van der Waals surface area contributed by atoms with Gasteiger partial charge in [0, 0.05) is 24.6 Å². The highest BCUT2D eigenvalue weighted by Crippen LogP contribution is 2.17. The number of nitrogens with zero attached hydrogens (tertiary/aromatic N) is 2. The number of aromatic nitrogens is 2. The van der Waals surface area contributed by atoms with Gasteiger partial charge in [0.2, 0.25) is 5.95 Å². The molecule has 26 heavy (non-hydrogen) atoms. The van der Waals surface area contributed by atoms with Crippen LogP contribution < -0.4 is 10.6 Å². The summed E-state index contributed by atoms with van der Waals surface area (Å²) in [4.78, 5) is 20.8. The Morgan fingerprint density at radius 2 is 1.73 bits per heavy atom. The van der Waals surface area contributed by atoms with Crippen LogP contribution in [0.15, 0.2) is 60.9 Å². The summed E-state index contributed by atoms with van der Waals surface area (Å²) in [7, 11) is 0. The fourth-order valence-corrected chi connectivity index (χ4v) is 2.56. The number of rotatable bonds is 6. The molecule has 3 rings (SSSR count). The first-order chi connectivity index (χ1) is 12.6. The molecule has 5 heteroatoms. The summed E-state index contributed by atoms with van der Waals surface area (Å²) in [5, 5.41) is 6.08. The predicted octanol–water partition coefficient (Wildman–Crippen LogP) is 4.00. The molecule has 0 bridgehead atoms. The Hall–Kier alpha value is -3.21. The first-order valence-electron chi connectivity index (χ1n) is 8.60. The maximum absolute atomic E-state index is 12.4. The van der Waals surface area contributed by atoms with Crippen LogP contribution in [0.1, 0.15) is 27.0 Å². The van der Waals surface area contributed by atoms with E-state index in [0.717, 1.165) is 29.8 Å². The molecule has 5 nitrogen and oxygen atoms in total. The highest BCUT2D eigenvalue weighted by atomic mass is 16.1. The minimum absolute atomic E-state index is 0.213. The minimum atomic E-state index is -0.213. The summed E-state index contributed by atoms with van der Waals surface area (Å²) < 4.78 is 0. The summed E-state index contributed by atoms with van der Waals surface area (Å²) in [5.41, 5.74) is 4.60. The molecule has 0 fully saturated rings. The van der Waals surface area contributed by atoms with E-state index in [9.17, 15) is 4.79 Å². The Morgan fingerprint density at radius 1 is 1.00 bits per heavy atom. The number of anilines is 2. The molecule has 0 aliphatic heterocycles. The molecule has 1 aromatic heterocycles. The Labute approximate surface area is 153 Å². The molecule has 0 saturated carbocycles. The quantitative estimate of drug-likeness (QED) is 0.708. The van der Waals surface area contributed by atoms with Crippen molar-refractivity contribution in [1.29, 1.82) is 0 Å². The van der Waals surface area contributed by atoms with E-state index in [1.165, 1.54) is 18.0 Å². The molecule has 132 valence electrons. The smallest absolute Gasteiger partial charge is 0.258 e. The number of carbonyl (C=O) groups is 1. The largest absolute Gasteiger partial charge is 0.354 e. The van der Waals surface area contributed by atoms with Gasteiger partial charge in [0.15, 0.2) is 0 Å². The first-order valence-corrected chi connectivity index (χ1v) is 8.60. The highest BCUT2D eigenvalue weighted by Gasteiger charge is 2.09. The van der Waals surface area contributed by atoms with Crippen molar-refractivity contribution in [3.8, 4) is 0 Å². The van der Waals surface area contributed by atoms with Gasteiger partial charge in [0.25, 0.3) is 5.91 Å². The molecular weight excluding hydrogens is 324 g/mol. The highest BCUT2D eigenvalue weighted by molar-refractivity contribution is 6.04. The molecular formula is C21H22N4O. The van der Waals surface area contributed by atoms with Gasteiger partial charge in [-0.2, -0.15) is 0 Å². The molecule has 2 aromatic carbocycles. The van der Waals surface area contributed by atoms with E-state index >= 15 is 0 Å². The van der Waals surface area contributed by atoms with Crippen molar-refractivity contribution >= 4 is 17.5 Å². The van der Waals surface area contributed by atoms with Gasteiger partial charge in [-0.15, -0.1) is 0 Å². The average Bonchev–Trinajstić information content (AvgIpc) is 2.66. The van der Waals surface area contributed by atoms with Crippen LogP contribution in [-0.4, -0.2) is 22.4 Å². The molecule has 0 radical (unpaired) electrons. The lowest BCUT2D eigenvalue weighted by Crippen LogP contribution is -2.14. The van der Waals surface area contributed by atoms with Gasteiger partial charge in [-0.1, -0.05) is 42.5 Å². The SMILES string of the molecule is Cc1ccc(C)c(NC(=O)c2cnc(NCCc3ccccc3)nc2)c1. The maximum Gasteiger partial charge on any atom is 0.258 e. The van der Waals surface area contributed by atoms with Crippen molar-refractivity contribution in [2.24, 2.45) is 0 Å². The van der Waals surface area contributed by atoms with Crippen LogP contribution in [0.2, 0.25) is 0 Å². The third kappa shape index (κ3) is 4.66. The summed E-state index contributed by atoms with van der Waals surface area (Å²) in [6, 6.07) is 16.2. The van der Waals surface area contributed by atoms with Crippen LogP contribution in [0.3, 0.4) is 0 Å². The summed E-state index contributed by atoms with van der Waals surface area (Å²) in [6.45, 7) is 4.69. The topological polar surface area (TPSA) is 66.9 Å². The van der Waals surface area contributed by atoms with E-state index in [1.807, 2.05) is 50.2 Å². The van der Waals surface area contributed by atoms with Crippen LogP contribution in [0.4, 0.5) is 11.6 Å². The molecule has 0 unspecified atom stereocenters. The van der Waals surface area contributed by atoms with Gasteiger partial charge in [0.1, 0.15) is 0 Å². The lowest BCUT2D eigenvalue weighted by atomic mass is 10.1. The van der Waals surface area contributed by atoms with Crippen LogP contribution in [0, 0.1) is 13.8 Å². The number of hydrogen-bond acceptors (Lipinski definition) is 4. The van der Waals surface area contributed by atoms with Gasteiger partial charge in [-0.05, 0) is 43.0 Å². The second kappa shape index (κ2) is 8.25. The van der Waals surface area contributed by atoms with Crippen molar-refractivity contribution in [3.63, 3.8) is 0 Å². The molecule has 0 spiro atoms. The van der Waals surface area contributed by atoms with Crippen molar-refractivity contribution in [2.45, 2.75) is 20.3 Å². The lowest BCUT2D eigenvalue weighted by Gasteiger charge is -2.09. The predicted molar refractivity (Wildman–Crippen MR) is 105 cm³/mol.